The second-order valence-electron chi connectivity index (χ2n) is 5.94. The molecule has 0 saturated heterocycles. The van der Waals surface area contributed by atoms with Crippen molar-refractivity contribution in [3.05, 3.63) is 41.7 Å². The minimum atomic E-state index is -0.833. The molecule has 3 aromatic rings. The molecule has 0 bridgehead atoms. The van der Waals surface area contributed by atoms with E-state index in [0.29, 0.717) is 11.6 Å². The van der Waals surface area contributed by atoms with Crippen LogP contribution in [0, 0.1) is 13.8 Å². The fourth-order valence-corrected chi connectivity index (χ4v) is 2.39. The first-order valence-corrected chi connectivity index (χ1v) is 8.03. The summed E-state index contributed by atoms with van der Waals surface area (Å²) in [4.78, 5) is 29.0. The lowest BCUT2D eigenvalue weighted by Crippen LogP contribution is -2.14. The van der Waals surface area contributed by atoms with Gasteiger partial charge >= 0.3 is 0 Å². The van der Waals surface area contributed by atoms with Gasteiger partial charge in [-0.1, -0.05) is 0 Å². The zero-order valence-electron chi connectivity index (χ0n) is 15.5. The number of hydrogen-bond acceptors (Lipinski definition) is 6. The summed E-state index contributed by atoms with van der Waals surface area (Å²) < 4.78 is 3.33. The van der Waals surface area contributed by atoms with E-state index in [4.69, 9.17) is 15.6 Å². The number of carboxylic acid groups (broad SMARTS) is 1. The van der Waals surface area contributed by atoms with Crippen LogP contribution >= 0.6 is 0 Å². The van der Waals surface area contributed by atoms with Crippen molar-refractivity contribution in [2.45, 2.75) is 27.2 Å². The number of carbonyl (C=O) groups excluding carboxylic acids is 1. The second-order valence-corrected chi connectivity index (χ2v) is 5.94. The number of carboxylic acids is 1. The van der Waals surface area contributed by atoms with E-state index >= 15 is 0 Å². The van der Waals surface area contributed by atoms with Crippen LogP contribution in [0.15, 0.2) is 24.7 Å². The molecule has 10 heteroatoms. The Labute approximate surface area is 155 Å². The molecule has 0 saturated carbocycles. The van der Waals surface area contributed by atoms with Crippen LogP contribution in [0.25, 0.3) is 17.1 Å². The number of rotatable bonds is 4. The number of aromatic nitrogens is 6. The van der Waals surface area contributed by atoms with Crippen LogP contribution < -0.4 is 5.73 Å². The van der Waals surface area contributed by atoms with E-state index in [1.807, 2.05) is 33.2 Å². The first-order valence-electron chi connectivity index (χ1n) is 8.03. The first-order chi connectivity index (χ1) is 12.7. The molecule has 0 radical (unpaired) electrons. The molecule has 0 unspecified atom stereocenters. The van der Waals surface area contributed by atoms with E-state index in [0.717, 1.165) is 29.4 Å². The SMILES string of the molecule is CC(=O)O.Cc1cc(C)c(-c2nc(CC(N)=O)nn2-c2cnn(C)c2)cn1. The predicted molar refractivity (Wildman–Crippen MR) is 97.0 cm³/mol. The zero-order valence-corrected chi connectivity index (χ0v) is 15.5. The number of primary amides is 1. The molecule has 3 rings (SSSR count). The van der Waals surface area contributed by atoms with Gasteiger partial charge in [-0.25, -0.2) is 9.67 Å². The molecule has 0 aliphatic heterocycles. The van der Waals surface area contributed by atoms with Crippen LogP contribution in [0.5, 0.6) is 0 Å². The minimum absolute atomic E-state index is 0.0153. The van der Waals surface area contributed by atoms with Crippen LogP contribution in [-0.2, 0) is 23.1 Å². The van der Waals surface area contributed by atoms with Gasteiger partial charge in [0.25, 0.3) is 5.97 Å². The van der Waals surface area contributed by atoms with E-state index in [9.17, 15) is 4.79 Å². The van der Waals surface area contributed by atoms with Crippen molar-refractivity contribution in [1.82, 2.24) is 29.5 Å². The summed E-state index contributed by atoms with van der Waals surface area (Å²) in [6, 6.07) is 1.98. The lowest BCUT2D eigenvalue weighted by molar-refractivity contribution is -0.134. The normalized spacial score (nSPS) is 10.2. The Morgan fingerprint density at radius 2 is 1.93 bits per heavy atom. The van der Waals surface area contributed by atoms with Crippen molar-refractivity contribution in [3.8, 4) is 17.1 Å². The number of carbonyl (C=O) groups is 2. The molecule has 0 aliphatic carbocycles. The quantitative estimate of drug-likeness (QED) is 0.690. The Hall–Kier alpha value is -3.56. The number of nitrogens with zero attached hydrogens (tertiary/aromatic N) is 6. The fourth-order valence-electron chi connectivity index (χ4n) is 2.39. The van der Waals surface area contributed by atoms with Gasteiger partial charge in [0.15, 0.2) is 11.6 Å². The maximum Gasteiger partial charge on any atom is 0.300 e. The molecule has 0 aromatic carbocycles. The van der Waals surface area contributed by atoms with Crippen molar-refractivity contribution < 1.29 is 14.7 Å². The Morgan fingerprint density at radius 3 is 2.44 bits per heavy atom. The minimum Gasteiger partial charge on any atom is -0.481 e. The van der Waals surface area contributed by atoms with Gasteiger partial charge in [0, 0.05) is 31.4 Å². The summed E-state index contributed by atoms with van der Waals surface area (Å²) in [6.45, 7) is 5.00. The Kier molecular flexibility index (Phi) is 6.01. The van der Waals surface area contributed by atoms with Gasteiger partial charge in [-0.05, 0) is 25.5 Å². The van der Waals surface area contributed by atoms with Gasteiger partial charge in [0.1, 0.15) is 5.69 Å². The van der Waals surface area contributed by atoms with Crippen molar-refractivity contribution in [2.24, 2.45) is 12.8 Å². The van der Waals surface area contributed by atoms with E-state index in [1.54, 1.807) is 21.8 Å². The van der Waals surface area contributed by atoms with Crippen molar-refractivity contribution in [3.63, 3.8) is 0 Å². The van der Waals surface area contributed by atoms with Crippen LogP contribution in [0.2, 0.25) is 0 Å². The topological polar surface area (TPSA) is 142 Å². The van der Waals surface area contributed by atoms with Crippen LogP contribution in [0.4, 0.5) is 0 Å². The number of hydrogen-bond donors (Lipinski definition) is 2. The number of nitrogens with two attached hydrogens (primary N) is 1. The second kappa shape index (κ2) is 8.21. The lowest BCUT2D eigenvalue weighted by atomic mass is 10.1. The van der Waals surface area contributed by atoms with Crippen molar-refractivity contribution in [1.29, 1.82) is 0 Å². The number of pyridine rings is 1. The Bertz CT molecular complexity index is 971. The zero-order chi connectivity index (χ0) is 20.1. The molecular weight excluding hydrogens is 350 g/mol. The summed E-state index contributed by atoms with van der Waals surface area (Å²) in [5, 5.41) is 16.0. The maximum absolute atomic E-state index is 11.2. The summed E-state index contributed by atoms with van der Waals surface area (Å²) in [5.41, 5.74) is 8.82. The largest absolute Gasteiger partial charge is 0.481 e. The monoisotopic (exact) mass is 371 g/mol. The van der Waals surface area contributed by atoms with Crippen LogP contribution in [0.3, 0.4) is 0 Å². The Morgan fingerprint density at radius 1 is 1.26 bits per heavy atom. The molecule has 0 fully saturated rings. The van der Waals surface area contributed by atoms with E-state index in [-0.39, 0.29) is 6.42 Å². The molecule has 27 heavy (non-hydrogen) atoms. The molecule has 1 amide bonds. The lowest BCUT2D eigenvalue weighted by Gasteiger charge is -2.06. The highest BCUT2D eigenvalue weighted by Crippen LogP contribution is 2.24. The number of amides is 1. The van der Waals surface area contributed by atoms with Gasteiger partial charge < -0.3 is 10.8 Å². The molecule has 0 spiro atoms. The molecule has 142 valence electrons. The molecule has 3 heterocycles. The highest BCUT2D eigenvalue weighted by atomic mass is 16.4. The van der Waals surface area contributed by atoms with E-state index in [1.165, 1.54) is 0 Å². The van der Waals surface area contributed by atoms with Crippen LogP contribution in [0.1, 0.15) is 24.0 Å². The van der Waals surface area contributed by atoms with Gasteiger partial charge in [-0.2, -0.15) is 10.2 Å². The third-order valence-electron chi connectivity index (χ3n) is 3.41. The molecule has 3 aromatic heterocycles. The predicted octanol–water partition coefficient (Wildman–Crippen LogP) is 0.798. The molecule has 0 aliphatic rings. The maximum atomic E-state index is 11.2. The summed E-state index contributed by atoms with van der Waals surface area (Å²) in [5.74, 6) is -0.325. The molecular formula is C17H21N7O3. The highest BCUT2D eigenvalue weighted by Gasteiger charge is 2.17. The summed E-state index contributed by atoms with van der Waals surface area (Å²) in [6.07, 6.45) is 5.25. The van der Waals surface area contributed by atoms with Gasteiger partial charge in [0.05, 0.1) is 18.8 Å². The van der Waals surface area contributed by atoms with Crippen molar-refractivity contribution in [2.75, 3.05) is 0 Å². The van der Waals surface area contributed by atoms with Gasteiger partial charge in [-0.3, -0.25) is 19.3 Å². The first kappa shape index (κ1) is 19.8. The third kappa shape index (κ3) is 5.21. The standard InChI is InChI=1S/C15H17N7O.C2H4O2/c1-9-4-10(2)17-7-12(9)15-19-14(5-13(16)23)20-22(15)11-6-18-21(3)8-11;1-2(3)4/h4,6-8H,5H2,1-3H3,(H2,16,23);1H3,(H,3,4). The molecule has 3 N–H and O–H groups in total. The van der Waals surface area contributed by atoms with E-state index in [2.05, 4.69) is 20.2 Å². The molecule has 10 nitrogen and oxygen atoms in total. The average Bonchev–Trinajstić information content (AvgIpc) is 3.12. The van der Waals surface area contributed by atoms with Crippen molar-refractivity contribution >= 4 is 11.9 Å². The summed E-state index contributed by atoms with van der Waals surface area (Å²) in [7, 11) is 1.82. The average molecular weight is 371 g/mol. The number of aliphatic carboxylic acids is 1. The van der Waals surface area contributed by atoms with Gasteiger partial charge in [0.2, 0.25) is 5.91 Å². The third-order valence-corrected chi connectivity index (χ3v) is 3.41. The van der Waals surface area contributed by atoms with E-state index < -0.39 is 11.9 Å². The van der Waals surface area contributed by atoms with Gasteiger partial charge in [-0.15, -0.1) is 0 Å². The Balaban J connectivity index is 0.000000596. The highest BCUT2D eigenvalue weighted by molar-refractivity contribution is 5.76. The number of aryl methyl sites for hydroxylation is 3. The molecule has 0 atom stereocenters. The fraction of sp³-hybridized carbons (Fsp3) is 0.294. The summed E-state index contributed by atoms with van der Waals surface area (Å²) >= 11 is 0. The van der Waals surface area contributed by atoms with Crippen LogP contribution in [-0.4, -0.2) is 46.5 Å². The smallest absolute Gasteiger partial charge is 0.300 e.